The number of aliphatic hydroxyl groups excluding tert-OH is 1. The number of aliphatic hydroxyl groups is 1. The second-order valence-corrected chi connectivity index (χ2v) is 29.2. The number of rotatable bonds is 20. The Morgan fingerprint density at radius 1 is 0.527 bits per heavy atom. The first-order valence-electron chi connectivity index (χ1n) is 33.9. The quantitative estimate of drug-likeness (QED) is 0.0985. The zero-order chi connectivity index (χ0) is 71.5. The minimum Gasteiger partial charge on any atom is -0.390 e. The Kier molecular flexibility index (Phi) is 34.1. The van der Waals surface area contributed by atoms with E-state index in [1.807, 2.05) is 54.5 Å². The van der Waals surface area contributed by atoms with Crippen molar-refractivity contribution < 1.29 is 57.8 Å². The molecular formula is C68H122N12O12S. The molecule has 0 aliphatic carbocycles. The number of allylic oxidation sites excluding steroid dienone is 2. The Labute approximate surface area is 562 Å². The molecule has 0 aromatic carbocycles. The number of nitrogens with one attached hydrogen (secondary N) is 3. The average molecular weight is 1330 g/mol. The molecule has 2 aliphatic heterocycles. The number of thioether (sulfide) groups is 1. The smallest absolute Gasteiger partial charge is 0.246 e. The van der Waals surface area contributed by atoms with Crippen molar-refractivity contribution in [2.24, 2.45) is 35.5 Å². The van der Waals surface area contributed by atoms with Crippen molar-refractivity contribution in [2.45, 2.75) is 242 Å². The van der Waals surface area contributed by atoms with Gasteiger partial charge in [-0.3, -0.25) is 52.7 Å². The summed E-state index contributed by atoms with van der Waals surface area (Å²) in [6.07, 6.45) is 3.02. The molecule has 2 heterocycles. The van der Waals surface area contributed by atoms with Gasteiger partial charge in [-0.05, 0) is 115 Å². The largest absolute Gasteiger partial charge is 0.390 e. The first-order valence-corrected chi connectivity index (χ1v) is 35.1. The summed E-state index contributed by atoms with van der Waals surface area (Å²) in [6.45, 7) is 34.7. The maximum absolute atomic E-state index is 15.4. The lowest BCUT2D eigenvalue weighted by molar-refractivity contribution is -0.157. The lowest BCUT2D eigenvalue weighted by atomic mass is 9.91. The summed E-state index contributed by atoms with van der Waals surface area (Å²) in [7, 11) is 10.2. The van der Waals surface area contributed by atoms with E-state index in [1.54, 1.807) is 54.5 Å². The van der Waals surface area contributed by atoms with Gasteiger partial charge in [0, 0.05) is 73.4 Å². The van der Waals surface area contributed by atoms with E-state index in [1.165, 1.54) is 109 Å². The molecule has 2 rings (SSSR count). The molecule has 24 nitrogen and oxygen atoms in total. The van der Waals surface area contributed by atoms with Crippen LogP contribution in [0.15, 0.2) is 12.2 Å². The third-order valence-electron chi connectivity index (χ3n) is 18.7. The van der Waals surface area contributed by atoms with Crippen LogP contribution in [-0.4, -0.2) is 273 Å². The standard InChI is InChI=1S/C68H122N12O12S/c1-26-30-31-44(15)57(81)56-60(84)70-48(27-2)62(86)76(23)53(38-93-33-32-79(28-3)29-4)65(89)72(19)49(34-39(5)6)59(83)71-54(42(11)12)67(91)75(22)52-37-45(16)80(66(52)90)47(18)58(82)69-46(17)61(85)73(20)50(35-40(7)8)63(87)74(21)51(36-41(9)10)64(88)77(24)55(43(13)14)68(92)78(56)25/h26,30,39-57,81H,27-29,31-38H2,1-25H3,(H,69,82)(H,70,84)(H,71,83)/t44-,45?,46+,47-,48-,49+,50-,51-,52-,53-,54-,55-,56-,57-/m1/s1. The predicted molar refractivity (Wildman–Crippen MR) is 366 cm³/mol. The molecule has 2 fully saturated rings. The topological polar surface area (TPSA) is 273 Å². The molecule has 0 aromatic heterocycles. The van der Waals surface area contributed by atoms with Gasteiger partial charge >= 0.3 is 0 Å². The van der Waals surface area contributed by atoms with Crippen LogP contribution < -0.4 is 16.0 Å². The summed E-state index contributed by atoms with van der Waals surface area (Å²) in [5.74, 6) is -8.54. The molecule has 0 aromatic rings. The molecule has 0 radical (unpaired) electrons. The van der Waals surface area contributed by atoms with Gasteiger partial charge in [0.05, 0.1) is 6.10 Å². The van der Waals surface area contributed by atoms with Crippen molar-refractivity contribution in [3.8, 4) is 0 Å². The molecule has 2 aliphatic rings. The van der Waals surface area contributed by atoms with E-state index >= 15 is 28.8 Å². The van der Waals surface area contributed by atoms with Gasteiger partial charge in [0.1, 0.15) is 66.5 Å². The number of hydrogen-bond acceptors (Lipinski definition) is 14. The highest BCUT2D eigenvalue weighted by atomic mass is 32.2. The maximum atomic E-state index is 15.4. The van der Waals surface area contributed by atoms with E-state index in [0.29, 0.717) is 18.7 Å². The Balaban J connectivity index is 3.10. The van der Waals surface area contributed by atoms with Crippen molar-refractivity contribution in [1.82, 2.24) is 60.0 Å². The van der Waals surface area contributed by atoms with Gasteiger partial charge in [0.25, 0.3) is 0 Å². The molecule has 93 heavy (non-hydrogen) atoms. The van der Waals surface area contributed by atoms with Crippen LogP contribution in [0.25, 0.3) is 0 Å². The number of amides is 11. The fourth-order valence-electron chi connectivity index (χ4n) is 12.6. The van der Waals surface area contributed by atoms with Crippen LogP contribution >= 0.6 is 11.8 Å². The number of likely N-dealkylation sites (N-methyl/N-ethyl adjacent to an activating group) is 7. The van der Waals surface area contributed by atoms with Crippen molar-refractivity contribution >= 4 is 76.7 Å². The highest BCUT2D eigenvalue weighted by Gasteiger charge is 2.49. The zero-order valence-electron chi connectivity index (χ0n) is 61.3. The highest BCUT2D eigenvalue weighted by Crippen LogP contribution is 2.29. The van der Waals surface area contributed by atoms with Gasteiger partial charge < -0.3 is 65.2 Å². The lowest BCUT2D eigenvalue weighted by Gasteiger charge is -2.41. The van der Waals surface area contributed by atoms with E-state index < -0.39 is 161 Å². The van der Waals surface area contributed by atoms with E-state index in [9.17, 15) is 29.1 Å². The maximum Gasteiger partial charge on any atom is 0.246 e. The van der Waals surface area contributed by atoms with Crippen LogP contribution in [0.4, 0.5) is 0 Å². The first kappa shape index (κ1) is 83.3. The van der Waals surface area contributed by atoms with Crippen molar-refractivity contribution in [2.75, 3.05) is 80.5 Å². The van der Waals surface area contributed by atoms with E-state index in [4.69, 9.17) is 0 Å². The molecule has 2 saturated heterocycles. The van der Waals surface area contributed by atoms with Gasteiger partial charge in [0.2, 0.25) is 65.0 Å². The number of carbonyl (C=O) groups excluding carboxylic acids is 11. The predicted octanol–water partition coefficient (Wildman–Crippen LogP) is 4.17. The normalized spacial score (nSPS) is 27.8. The molecule has 0 spiro atoms. The minimum absolute atomic E-state index is 0.0145. The Morgan fingerprint density at radius 2 is 1.00 bits per heavy atom. The molecule has 1 unspecified atom stereocenters. The molecule has 14 atom stereocenters. The third kappa shape index (κ3) is 21.9. The number of hydrogen-bond donors (Lipinski definition) is 4. The summed E-state index contributed by atoms with van der Waals surface area (Å²) in [6, 6.07) is -14.0. The van der Waals surface area contributed by atoms with Gasteiger partial charge in [-0.1, -0.05) is 109 Å². The van der Waals surface area contributed by atoms with E-state index in [-0.39, 0.29) is 55.6 Å². The van der Waals surface area contributed by atoms with Gasteiger partial charge in [-0.15, -0.1) is 0 Å². The van der Waals surface area contributed by atoms with Crippen LogP contribution in [0.2, 0.25) is 0 Å². The number of carbonyl (C=O) groups is 11. The van der Waals surface area contributed by atoms with Gasteiger partial charge in [-0.2, -0.15) is 11.8 Å². The third-order valence-corrected chi connectivity index (χ3v) is 19.8. The fraction of sp³-hybridized carbons (Fsp3) is 0.809. The minimum atomic E-state index is -1.63. The van der Waals surface area contributed by atoms with Gasteiger partial charge in [0.15, 0.2) is 0 Å². The van der Waals surface area contributed by atoms with Crippen LogP contribution in [-0.2, 0) is 52.7 Å². The average Bonchev–Trinajstić information content (AvgIpc) is 1.73. The van der Waals surface area contributed by atoms with Crippen molar-refractivity contribution in [3.05, 3.63) is 12.2 Å². The number of nitrogens with zero attached hydrogens (tertiary/aromatic N) is 9. The van der Waals surface area contributed by atoms with Crippen molar-refractivity contribution in [1.29, 1.82) is 0 Å². The van der Waals surface area contributed by atoms with Crippen LogP contribution in [0.3, 0.4) is 0 Å². The summed E-state index contributed by atoms with van der Waals surface area (Å²) < 4.78 is 0. The summed E-state index contributed by atoms with van der Waals surface area (Å²) in [5, 5.41) is 20.9. The van der Waals surface area contributed by atoms with Crippen LogP contribution in [0.1, 0.15) is 163 Å². The molecule has 0 saturated carbocycles. The second-order valence-electron chi connectivity index (χ2n) is 28.1. The molecular weight excluding hydrogens is 1210 g/mol. The monoisotopic (exact) mass is 1330 g/mol. The number of fused-ring (bicyclic) bond motifs is 2. The first-order chi connectivity index (χ1) is 43.2. The second kappa shape index (κ2) is 38.1. The molecule has 4 N–H and O–H groups in total. The van der Waals surface area contributed by atoms with Crippen molar-refractivity contribution in [3.63, 3.8) is 0 Å². The summed E-state index contributed by atoms with van der Waals surface area (Å²) in [5.41, 5.74) is 0. The van der Waals surface area contributed by atoms with E-state index in [2.05, 4.69) is 34.7 Å². The Bertz CT molecular complexity index is 2570. The molecule has 25 heteroatoms. The van der Waals surface area contributed by atoms with Crippen LogP contribution in [0.5, 0.6) is 0 Å². The lowest BCUT2D eigenvalue weighted by Crippen LogP contribution is -2.64. The highest BCUT2D eigenvalue weighted by molar-refractivity contribution is 7.99. The SMILES string of the molecule is CC=CC[C@@H](C)[C@@H](O)[C@@H]1C(=O)N[C@H](CC)C(=O)N(C)[C@H](CSCCN(CC)CC)C(=O)N(C)[C@@H](CC(C)C)C(=O)N[C@H](C(C)C)C(=O)N(C)[C@@H]2CC(C)N(C2=O)[C@H](C)C(=O)N[C@@H](C)C(=O)N(C)[C@H](CC(C)C)C(=O)N(C)[C@H](CC(C)C)C(=O)N(C)[C@H](C(C)C)C(=O)N1C. The molecule has 11 amide bonds. The van der Waals surface area contributed by atoms with Gasteiger partial charge in [-0.25, -0.2) is 0 Å². The fourth-order valence-corrected chi connectivity index (χ4v) is 13.7. The Morgan fingerprint density at radius 3 is 1.48 bits per heavy atom. The molecule has 532 valence electrons. The summed E-state index contributed by atoms with van der Waals surface area (Å²) in [4.78, 5) is 177. The summed E-state index contributed by atoms with van der Waals surface area (Å²) >= 11 is 1.45. The Hall–Kier alpha value is -5.82. The zero-order valence-corrected chi connectivity index (χ0v) is 62.1. The van der Waals surface area contributed by atoms with E-state index in [0.717, 1.165) is 18.0 Å². The molecule has 2 bridgehead atoms. The van der Waals surface area contributed by atoms with Crippen LogP contribution in [0, 0.1) is 35.5 Å².